The first-order chi connectivity index (χ1) is 18.1. The molecule has 1 atom stereocenters. The summed E-state index contributed by atoms with van der Waals surface area (Å²) in [5.74, 6) is 0.406. The molecule has 13 heteroatoms. The number of aliphatic carboxylic acids is 1. The van der Waals surface area contributed by atoms with Gasteiger partial charge in [0.15, 0.2) is 0 Å². The Kier molecular flexibility index (Phi) is 11.3. The third-order valence-corrected chi connectivity index (χ3v) is 5.66. The Hall–Kier alpha value is -3.87. The van der Waals surface area contributed by atoms with Crippen LogP contribution in [0.5, 0.6) is 11.5 Å². The first-order valence-corrected chi connectivity index (χ1v) is 11.7. The number of hydrogen-bond acceptors (Lipinski definition) is 10. The summed E-state index contributed by atoms with van der Waals surface area (Å²) in [5, 5.41) is 29.9. The third-order valence-electron chi connectivity index (χ3n) is 5.37. The largest absolute Gasteiger partial charge is 0.495 e. The lowest BCUT2D eigenvalue weighted by molar-refractivity contribution is -0.145. The predicted molar refractivity (Wildman–Crippen MR) is 142 cm³/mol. The number of aliphatic hydroxyl groups is 2. The molecule has 0 spiro atoms. The Morgan fingerprint density at radius 2 is 1.84 bits per heavy atom. The molecule has 206 valence electrons. The highest BCUT2D eigenvalue weighted by atomic mass is 35.5. The van der Waals surface area contributed by atoms with Crippen LogP contribution in [-0.2, 0) is 22.5 Å². The number of nitrogens with one attached hydrogen (secondary N) is 1. The highest BCUT2D eigenvalue weighted by Gasteiger charge is 2.23. The Balaban J connectivity index is 0.000000757. The van der Waals surface area contributed by atoms with E-state index in [9.17, 15) is 14.7 Å². The number of ether oxygens (including phenoxy) is 3. The van der Waals surface area contributed by atoms with Gasteiger partial charge in [-0.3, -0.25) is 4.90 Å². The molecule has 0 radical (unpaired) electrons. The lowest BCUT2D eigenvalue weighted by Crippen LogP contribution is -2.26. The number of hydrogen-bond donors (Lipinski definition) is 4. The van der Waals surface area contributed by atoms with Crippen LogP contribution in [0.25, 0.3) is 10.9 Å². The molecule has 0 bridgehead atoms. The lowest BCUT2D eigenvalue weighted by Gasteiger charge is -2.22. The molecule has 12 nitrogen and oxygen atoms in total. The number of carboxylic acids is 1. The number of aromatic nitrogens is 2. The van der Waals surface area contributed by atoms with Gasteiger partial charge in [0.1, 0.15) is 29.7 Å². The fraction of sp³-hybridized carbons (Fsp3) is 0.360. The van der Waals surface area contributed by atoms with Crippen molar-refractivity contribution in [2.45, 2.75) is 26.0 Å². The van der Waals surface area contributed by atoms with E-state index in [0.29, 0.717) is 51.0 Å². The van der Waals surface area contributed by atoms with Gasteiger partial charge >= 0.3 is 12.1 Å². The van der Waals surface area contributed by atoms with Gasteiger partial charge in [-0.15, -0.1) is 0 Å². The molecular formula is C25H31ClN4O8. The molecule has 1 aromatic heterocycles. The maximum absolute atomic E-state index is 12.2. The fourth-order valence-electron chi connectivity index (χ4n) is 3.44. The number of nitrogens with zero attached hydrogens (tertiary/aromatic N) is 3. The summed E-state index contributed by atoms with van der Waals surface area (Å²) in [5.41, 5.74) is 2.68. The van der Waals surface area contributed by atoms with Crippen molar-refractivity contribution >= 4 is 46.1 Å². The zero-order chi connectivity index (χ0) is 28.4. The van der Waals surface area contributed by atoms with E-state index in [1.54, 1.807) is 26.3 Å². The Bertz CT molecular complexity index is 1270. The van der Waals surface area contributed by atoms with E-state index < -0.39 is 18.2 Å². The SMILES string of the molecule is CC(O)C(=O)O.COC(=O)N(C)c1cc2c(NCc3ccc(OC)c(Cl)c3)ncnc2c(CCO)c1OC. The molecule has 2 aromatic carbocycles. The number of carboxylic acid groups (broad SMARTS) is 1. The maximum atomic E-state index is 12.2. The Morgan fingerprint density at radius 1 is 1.16 bits per heavy atom. The van der Waals surface area contributed by atoms with Crippen LogP contribution in [-0.4, -0.2) is 78.4 Å². The molecule has 1 amide bonds. The van der Waals surface area contributed by atoms with E-state index in [2.05, 4.69) is 15.3 Å². The summed E-state index contributed by atoms with van der Waals surface area (Å²) >= 11 is 6.23. The zero-order valence-corrected chi connectivity index (χ0v) is 22.4. The molecule has 38 heavy (non-hydrogen) atoms. The summed E-state index contributed by atoms with van der Waals surface area (Å²) in [6.07, 6.45) is -0.0650. The number of carbonyl (C=O) groups excluding carboxylic acids is 1. The van der Waals surface area contributed by atoms with Crippen LogP contribution < -0.4 is 19.7 Å². The average Bonchev–Trinajstić information content (AvgIpc) is 2.91. The number of amides is 1. The van der Waals surface area contributed by atoms with Crippen molar-refractivity contribution in [2.75, 3.05) is 45.2 Å². The van der Waals surface area contributed by atoms with Crippen LogP contribution in [0.15, 0.2) is 30.6 Å². The summed E-state index contributed by atoms with van der Waals surface area (Å²) in [6.45, 7) is 1.52. The highest BCUT2D eigenvalue weighted by molar-refractivity contribution is 6.32. The highest BCUT2D eigenvalue weighted by Crippen LogP contribution is 2.39. The molecule has 0 fully saturated rings. The third kappa shape index (κ3) is 7.34. The monoisotopic (exact) mass is 550 g/mol. The van der Waals surface area contributed by atoms with Crippen LogP contribution in [0, 0.1) is 0 Å². The smallest absolute Gasteiger partial charge is 0.413 e. The van der Waals surface area contributed by atoms with Crippen molar-refractivity contribution in [1.29, 1.82) is 0 Å². The van der Waals surface area contributed by atoms with Gasteiger partial charge < -0.3 is 34.8 Å². The summed E-state index contributed by atoms with van der Waals surface area (Å²) in [7, 11) is 5.95. The van der Waals surface area contributed by atoms with Gasteiger partial charge in [0, 0.05) is 37.6 Å². The van der Waals surface area contributed by atoms with Gasteiger partial charge in [-0.2, -0.15) is 0 Å². The predicted octanol–water partition coefficient (Wildman–Crippen LogP) is 3.10. The number of fused-ring (bicyclic) bond motifs is 1. The van der Waals surface area contributed by atoms with E-state index in [1.165, 1.54) is 32.4 Å². The minimum atomic E-state index is -1.23. The van der Waals surface area contributed by atoms with Gasteiger partial charge in [0.05, 0.1) is 37.6 Å². The summed E-state index contributed by atoms with van der Waals surface area (Å²) in [6, 6.07) is 7.27. The summed E-state index contributed by atoms with van der Waals surface area (Å²) in [4.78, 5) is 31.8. The fourth-order valence-corrected chi connectivity index (χ4v) is 3.72. The second kappa shape index (κ2) is 14.2. The van der Waals surface area contributed by atoms with Crippen molar-refractivity contribution < 1.29 is 39.1 Å². The number of aliphatic hydroxyl groups excluding tert-OH is 2. The quantitative estimate of drug-likeness (QED) is 0.309. The zero-order valence-electron chi connectivity index (χ0n) is 21.7. The first kappa shape index (κ1) is 30.4. The van der Waals surface area contributed by atoms with Crippen molar-refractivity contribution in [3.8, 4) is 11.5 Å². The van der Waals surface area contributed by atoms with Gasteiger partial charge in [-0.25, -0.2) is 19.6 Å². The van der Waals surface area contributed by atoms with Crippen LogP contribution in [0.2, 0.25) is 5.02 Å². The van der Waals surface area contributed by atoms with Crippen molar-refractivity contribution in [3.05, 3.63) is 46.7 Å². The van der Waals surface area contributed by atoms with Crippen LogP contribution in [0.1, 0.15) is 18.1 Å². The molecule has 4 N–H and O–H groups in total. The molecule has 1 heterocycles. The molecule has 0 aliphatic carbocycles. The Morgan fingerprint density at radius 3 is 2.37 bits per heavy atom. The molecule has 0 saturated heterocycles. The van der Waals surface area contributed by atoms with Gasteiger partial charge in [0.2, 0.25) is 0 Å². The van der Waals surface area contributed by atoms with Crippen LogP contribution in [0.4, 0.5) is 16.3 Å². The van der Waals surface area contributed by atoms with Crippen molar-refractivity contribution in [2.24, 2.45) is 0 Å². The molecule has 1 unspecified atom stereocenters. The van der Waals surface area contributed by atoms with Crippen LogP contribution >= 0.6 is 11.6 Å². The average molecular weight is 551 g/mol. The molecule has 0 aliphatic rings. The number of rotatable bonds is 9. The van der Waals surface area contributed by atoms with Crippen molar-refractivity contribution in [3.63, 3.8) is 0 Å². The van der Waals surface area contributed by atoms with Gasteiger partial charge in [0.25, 0.3) is 0 Å². The number of benzene rings is 2. The maximum Gasteiger partial charge on any atom is 0.413 e. The number of halogens is 1. The van der Waals surface area contributed by atoms with E-state index in [0.717, 1.165) is 5.56 Å². The lowest BCUT2D eigenvalue weighted by atomic mass is 10.0. The minimum absolute atomic E-state index is 0.117. The van der Waals surface area contributed by atoms with Crippen molar-refractivity contribution in [1.82, 2.24) is 9.97 Å². The second-order valence-electron chi connectivity index (χ2n) is 7.87. The van der Waals surface area contributed by atoms with Gasteiger partial charge in [-0.1, -0.05) is 17.7 Å². The second-order valence-corrected chi connectivity index (χ2v) is 8.27. The topological polar surface area (TPSA) is 164 Å². The normalized spacial score (nSPS) is 11.2. The van der Waals surface area contributed by atoms with Crippen LogP contribution in [0.3, 0.4) is 0 Å². The summed E-state index contributed by atoms with van der Waals surface area (Å²) < 4.78 is 15.6. The molecule has 0 aliphatic heterocycles. The van der Waals surface area contributed by atoms with E-state index in [4.69, 9.17) is 36.0 Å². The number of methoxy groups -OCH3 is 3. The molecular weight excluding hydrogens is 520 g/mol. The standard InChI is InChI=1S/C22H25ClN4O5.C3H6O3/c1-27(22(29)32-4)17-10-15-19(14(7-8-28)20(17)31-3)25-12-26-21(15)24-11-13-5-6-18(30-2)16(23)9-13;1-2(4)3(5)6/h5-6,9-10,12,28H,7-8,11H2,1-4H3,(H,24,25,26);2,4H,1H3,(H,5,6). The van der Waals surface area contributed by atoms with E-state index in [-0.39, 0.29) is 13.0 Å². The Labute approximate surface area is 224 Å². The first-order valence-electron chi connectivity index (χ1n) is 11.3. The molecule has 3 aromatic rings. The number of anilines is 2. The minimum Gasteiger partial charge on any atom is -0.495 e. The molecule has 0 saturated carbocycles. The molecule has 3 rings (SSSR count). The van der Waals surface area contributed by atoms with E-state index >= 15 is 0 Å². The van der Waals surface area contributed by atoms with E-state index in [1.807, 2.05) is 12.1 Å². The number of carbonyl (C=O) groups is 2. The van der Waals surface area contributed by atoms with Gasteiger partial charge in [-0.05, 0) is 30.7 Å².